The minimum absolute atomic E-state index is 0.286. The zero-order chi connectivity index (χ0) is 12.8. The van der Waals surface area contributed by atoms with Crippen LogP contribution in [0.4, 0.5) is 0 Å². The molecule has 0 unspecified atom stereocenters. The van der Waals surface area contributed by atoms with Gasteiger partial charge >= 0.3 is 0 Å². The van der Waals surface area contributed by atoms with Gasteiger partial charge in [-0.1, -0.05) is 12.1 Å². The predicted octanol–water partition coefficient (Wildman–Crippen LogP) is -0.486. The Bertz CT molecular complexity index is 347. The maximum Gasteiger partial charge on any atom is 0.118 e. The highest BCUT2D eigenvalue weighted by molar-refractivity contribution is 5.27. The second-order valence-electron chi connectivity index (χ2n) is 4.77. The number of morpholine rings is 1. The Labute approximate surface area is 108 Å². The average molecular weight is 252 g/mol. The standard InChI is InChI=1S/C14H21NO3/c1-17-14-4-2-12(3-5-14)10-13(16)11-15-6-8-18-9-7-15/h2-5,13,16H,6-11H2,1H3/p+1/t13-/m1/s1. The van der Waals surface area contributed by atoms with Crippen molar-refractivity contribution in [3.05, 3.63) is 29.8 Å². The zero-order valence-corrected chi connectivity index (χ0v) is 10.9. The van der Waals surface area contributed by atoms with Crippen LogP contribution < -0.4 is 9.64 Å². The first kappa shape index (κ1) is 13.3. The van der Waals surface area contributed by atoms with E-state index in [1.807, 2.05) is 24.3 Å². The Balaban J connectivity index is 1.80. The predicted molar refractivity (Wildman–Crippen MR) is 69.1 cm³/mol. The molecule has 100 valence electrons. The largest absolute Gasteiger partial charge is 0.497 e. The lowest BCUT2D eigenvalue weighted by atomic mass is 10.1. The SMILES string of the molecule is COc1ccc(C[C@@H](O)C[NH+]2CCOCC2)cc1. The molecule has 0 radical (unpaired) electrons. The summed E-state index contributed by atoms with van der Waals surface area (Å²) in [5, 5.41) is 10.1. The van der Waals surface area contributed by atoms with Gasteiger partial charge in [-0.2, -0.15) is 0 Å². The Morgan fingerprint density at radius 2 is 1.94 bits per heavy atom. The van der Waals surface area contributed by atoms with Crippen LogP contribution in [0.3, 0.4) is 0 Å². The lowest BCUT2D eigenvalue weighted by molar-refractivity contribution is -0.911. The first-order valence-corrected chi connectivity index (χ1v) is 6.50. The Kier molecular flexibility index (Phi) is 4.99. The van der Waals surface area contributed by atoms with Crippen LogP contribution in [-0.2, 0) is 11.2 Å². The van der Waals surface area contributed by atoms with Gasteiger partial charge in [0, 0.05) is 6.42 Å². The molecular formula is C14H22NO3+. The van der Waals surface area contributed by atoms with Gasteiger partial charge in [0.05, 0.1) is 20.3 Å². The van der Waals surface area contributed by atoms with Crippen molar-refractivity contribution >= 4 is 0 Å². The highest BCUT2D eigenvalue weighted by atomic mass is 16.5. The lowest BCUT2D eigenvalue weighted by Crippen LogP contribution is -3.15. The van der Waals surface area contributed by atoms with Crippen LogP contribution in [0.25, 0.3) is 0 Å². The molecular weight excluding hydrogens is 230 g/mol. The van der Waals surface area contributed by atoms with Gasteiger partial charge in [0.25, 0.3) is 0 Å². The Morgan fingerprint density at radius 3 is 2.56 bits per heavy atom. The minimum atomic E-state index is -0.286. The number of hydrogen-bond acceptors (Lipinski definition) is 3. The molecule has 1 aliphatic rings. The number of quaternary nitrogens is 1. The summed E-state index contributed by atoms with van der Waals surface area (Å²) in [4.78, 5) is 1.43. The lowest BCUT2D eigenvalue weighted by Gasteiger charge is -2.25. The van der Waals surface area contributed by atoms with E-state index in [1.54, 1.807) is 7.11 Å². The molecule has 4 heteroatoms. The van der Waals surface area contributed by atoms with E-state index in [-0.39, 0.29) is 6.10 Å². The number of aliphatic hydroxyl groups excluding tert-OH is 1. The van der Waals surface area contributed by atoms with Crippen LogP contribution in [0.1, 0.15) is 5.56 Å². The maximum absolute atomic E-state index is 10.1. The molecule has 0 aliphatic carbocycles. The second kappa shape index (κ2) is 6.73. The average Bonchev–Trinajstić information content (AvgIpc) is 2.40. The third-order valence-corrected chi connectivity index (χ3v) is 3.35. The third kappa shape index (κ3) is 3.98. The molecule has 1 heterocycles. The number of benzene rings is 1. The zero-order valence-electron chi connectivity index (χ0n) is 10.9. The fourth-order valence-electron chi connectivity index (χ4n) is 2.30. The van der Waals surface area contributed by atoms with Crippen LogP contribution in [0.2, 0.25) is 0 Å². The molecule has 1 aliphatic heterocycles. The molecule has 0 bridgehead atoms. The summed E-state index contributed by atoms with van der Waals surface area (Å²) in [6, 6.07) is 7.89. The van der Waals surface area contributed by atoms with Crippen molar-refractivity contribution in [3.63, 3.8) is 0 Å². The minimum Gasteiger partial charge on any atom is -0.497 e. The summed E-state index contributed by atoms with van der Waals surface area (Å²) in [6.45, 7) is 4.42. The van der Waals surface area contributed by atoms with Gasteiger partial charge in [-0.15, -0.1) is 0 Å². The first-order chi connectivity index (χ1) is 8.78. The summed E-state index contributed by atoms with van der Waals surface area (Å²) in [5.41, 5.74) is 1.15. The highest BCUT2D eigenvalue weighted by Crippen LogP contribution is 2.12. The fraction of sp³-hybridized carbons (Fsp3) is 0.571. The summed E-state index contributed by atoms with van der Waals surface area (Å²) < 4.78 is 10.4. The van der Waals surface area contributed by atoms with Crippen LogP contribution in [0, 0.1) is 0 Å². The van der Waals surface area contributed by atoms with E-state index < -0.39 is 0 Å². The van der Waals surface area contributed by atoms with Crippen molar-refractivity contribution in [3.8, 4) is 5.75 Å². The summed E-state index contributed by atoms with van der Waals surface area (Å²) >= 11 is 0. The van der Waals surface area contributed by atoms with E-state index >= 15 is 0 Å². The third-order valence-electron chi connectivity index (χ3n) is 3.35. The van der Waals surface area contributed by atoms with Crippen molar-refractivity contribution in [1.29, 1.82) is 0 Å². The van der Waals surface area contributed by atoms with Crippen molar-refractivity contribution in [2.75, 3.05) is 40.0 Å². The number of rotatable bonds is 5. The van der Waals surface area contributed by atoms with E-state index in [4.69, 9.17) is 9.47 Å². The van der Waals surface area contributed by atoms with Crippen molar-refractivity contribution in [1.82, 2.24) is 0 Å². The molecule has 4 nitrogen and oxygen atoms in total. The van der Waals surface area contributed by atoms with Gasteiger partial charge in [0.1, 0.15) is 31.5 Å². The van der Waals surface area contributed by atoms with Crippen LogP contribution >= 0.6 is 0 Å². The monoisotopic (exact) mass is 252 g/mol. The highest BCUT2D eigenvalue weighted by Gasteiger charge is 2.18. The molecule has 1 atom stereocenters. The van der Waals surface area contributed by atoms with Gasteiger partial charge in [0.15, 0.2) is 0 Å². The molecule has 1 aromatic rings. The fourth-order valence-corrected chi connectivity index (χ4v) is 2.30. The van der Waals surface area contributed by atoms with Gasteiger partial charge in [-0.05, 0) is 17.7 Å². The molecule has 0 amide bonds. The number of aliphatic hydroxyl groups is 1. The van der Waals surface area contributed by atoms with E-state index in [1.165, 1.54) is 4.90 Å². The van der Waals surface area contributed by atoms with Crippen molar-refractivity contribution in [2.24, 2.45) is 0 Å². The Hall–Kier alpha value is -1.10. The quantitative estimate of drug-likeness (QED) is 0.743. The van der Waals surface area contributed by atoms with Crippen LogP contribution in [0.15, 0.2) is 24.3 Å². The summed E-state index contributed by atoms with van der Waals surface area (Å²) in [6.07, 6.45) is 0.417. The summed E-state index contributed by atoms with van der Waals surface area (Å²) in [7, 11) is 1.66. The van der Waals surface area contributed by atoms with Gasteiger partial charge in [0.2, 0.25) is 0 Å². The topological polar surface area (TPSA) is 43.1 Å². The summed E-state index contributed by atoms with van der Waals surface area (Å²) in [5.74, 6) is 0.854. The van der Waals surface area contributed by atoms with E-state index in [9.17, 15) is 5.11 Å². The molecule has 0 spiro atoms. The van der Waals surface area contributed by atoms with Crippen LogP contribution in [0.5, 0.6) is 5.75 Å². The molecule has 1 aromatic carbocycles. The van der Waals surface area contributed by atoms with Crippen LogP contribution in [-0.4, -0.2) is 51.2 Å². The number of ether oxygens (including phenoxy) is 2. The number of methoxy groups -OCH3 is 1. The van der Waals surface area contributed by atoms with E-state index in [0.29, 0.717) is 6.42 Å². The Morgan fingerprint density at radius 1 is 1.28 bits per heavy atom. The van der Waals surface area contributed by atoms with Crippen molar-refractivity contribution in [2.45, 2.75) is 12.5 Å². The molecule has 2 N–H and O–H groups in total. The second-order valence-corrected chi connectivity index (χ2v) is 4.77. The number of nitrogens with one attached hydrogen (secondary N) is 1. The first-order valence-electron chi connectivity index (χ1n) is 6.50. The molecule has 2 rings (SSSR count). The van der Waals surface area contributed by atoms with Crippen molar-refractivity contribution < 1.29 is 19.5 Å². The molecule has 0 aromatic heterocycles. The van der Waals surface area contributed by atoms with Gasteiger partial charge in [-0.25, -0.2) is 0 Å². The normalized spacial score (nSPS) is 18.6. The van der Waals surface area contributed by atoms with Gasteiger partial charge < -0.3 is 19.5 Å². The maximum atomic E-state index is 10.1. The van der Waals surface area contributed by atoms with E-state index in [0.717, 1.165) is 44.2 Å². The van der Waals surface area contributed by atoms with Gasteiger partial charge in [-0.3, -0.25) is 0 Å². The molecule has 1 fully saturated rings. The number of hydrogen-bond donors (Lipinski definition) is 2. The van der Waals surface area contributed by atoms with E-state index in [2.05, 4.69) is 0 Å². The molecule has 1 saturated heterocycles. The smallest absolute Gasteiger partial charge is 0.118 e. The molecule has 0 saturated carbocycles. The molecule has 18 heavy (non-hydrogen) atoms.